The minimum absolute atomic E-state index is 0.000174. The summed E-state index contributed by atoms with van der Waals surface area (Å²) in [5, 5.41) is 9.37. The maximum atomic E-state index is 13.2. The number of sulfonamides is 1. The van der Waals surface area contributed by atoms with Gasteiger partial charge >= 0.3 is 5.97 Å². The van der Waals surface area contributed by atoms with Crippen LogP contribution >= 0.6 is 0 Å². The summed E-state index contributed by atoms with van der Waals surface area (Å²) in [6, 6.07) is 4.20. The molecule has 0 spiro atoms. The highest BCUT2D eigenvalue weighted by Crippen LogP contribution is 2.45. The lowest BCUT2D eigenvalue weighted by molar-refractivity contribution is -0.142. The van der Waals surface area contributed by atoms with Gasteiger partial charge in [-0.25, -0.2) is 8.42 Å². The summed E-state index contributed by atoms with van der Waals surface area (Å²) in [6.07, 6.45) is 2.32. The van der Waals surface area contributed by atoms with Gasteiger partial charge in [-0.1, -0.05) is 0 Å². The number of aliphatic carboxylic acids is 1. The largest absolute Gasteiger partial charge is 0.481 e. The molecule has 1 aromatic rings. The number of carbonyl (C=O) groups excluding carboxylic acids is 1. The standard InChI is InChI=1S/C18H22N2O5S/c1-10-7-12-8-14(4-6-16(12)19(10)11(2)21)26(24,25)20-13-3-5-17(20)15(9-13)18(22)23/h4,6,8,10,13,15,17H,3,5,7,9H2,1-2H3,(H,22,23). The third-order valence-electron chi connectivity index (χ3n) is 5.97. The van der Waals surface area contributed by atoms with Crippen LogP contribution in [0.4, 0.5) is 5.69 Å². The van der Waals surface area contributed by atoms with Crippen molar-refractivity contribution in [2.75, 3.05) is 4.90 Å². The van der Waals surface area contributed by atoms with Gasteiger partial charge in [0, 0.05) is 30.7 Å². The van der Waals surface area contributed by atoms with Gasteiger partial charge in [0.2, 0.25) is 15.9 Å². The number of amides is 1. The van der Waals surface area contributed by atoms with Crippen LogP contribution in [-0.4, -0.2) is 47.8 Å². The van der Waals surface area contributed by atoms with Crippen LogP contribution in [0.25, 0.3) is 0 Å². The van der Waals surface area contributed by atoms with Gasteiger partial charge in [0.1, 0.15) is 0 Å². The predicted octanol–water partition coefficient (Wildman–Crippen LogP) is 1.61. The number of nitrogens with zero attached hydrogens (tertiary/aromatic N) is 2. The Kier molecular flexibility index (Phi) is 3.89. The molecule has 0 saturated carbocycles. The number of carbonyl (C=O) groups is 2. The monoisotopic (exact) mass is 378 g/mol. The van der Waals surface area contributed by atoms with Gasteiger partial charge in [0.25, 0.3) is 0 Å². The third kappa shape index (κ3) is 2.39. The molecule has 0 aliphatic carbocycles. The maximum absolute atomic E-state index is 13.2. The first-order valence-electron chi connectivity index (χ1n) is 8.91. The fourth-order valence-electron chi connectivity index (χ4n) is 4.95. The van der Waals surface area contributed by atoms with Crippen molar-refractivity contribution in [2.45, 2.75) is 62.6 Å². The second kappa shape index (κ2) is 5.79. The van der Waals surface area contributed by atoms with Crippen molar-refractivity contribution in [3.63, 3.8) is 0 Å². The Balaban J connectivity index is 1.70. The zero-order valence-electron chi connectivity index (χ0n) is 14.8. The van der Waals surface area contributed by atoms with Crippen molar-refractivity contribution in [3.05, 3.63) is 23.8 Å². The quantitative estimate of drug-likeness (QED) is 0.862. The van der Waals surface area contributed by atoms with Gasteiger partial charge < -0.3 is 10.0 Å². The zero-order chi connectivity index (χ0) is 18.8. The molecule has 4 atom stereocenters. The summed E-state index contributed by atoms with van der Waals surface area (Å²) in [5.74, 6) is -1.60. The Morgan fingerprint density at radius 1 is 1.23 bits per heavy atom. The number of benzene rings is 1. The predicted molar refractivity (Wildman–Crippen MR) is 94.3 cm³/mol. The van der Waals surface area contributed by atoms with E-state index in [9.17, 15) is 23.1 Å². The Morgan fingerprint density at radius 3 is 2.58 bits per heavy atom. The van der Waals surface area contributed by atoms with Crippen LogP contribution in [-0.2, 0) is 26.0 Å². The van der Waals surface area contributed by atoms with Crippen molar-refractivity contribution >= 4 is 27.6 Å². The average molecular weight is 378 g/mol. The molecule has 4 rings (SSSR count). The Hall–Kier alpha value is -1.93. The number of carboxylic acids is 1. The normalized spacial score (nSPS) is 30.6. The van der Waals surface area contributed by atoms with E-state index in [1.54, 1.807) is 17.0 Å². The fourth-order valence-corrected chi connectivity index (χ4v) is 6.92. The van der Waals surface area contributed by atoms with Crippen LogP contribution < -0.4 is 4.90 Å². The third-order valence-corrected chi connectivity index (χ3v) is 7.94. The lowest BCUT2D eigenvalue weighted by atomic mass is 9.89. The Labute approximate surface area is 152 Å². The van der Waals surface area contributed by atoms with Gasteiger partial charge in [0.05, 0.1) is 10.8 Å². The first-order valence-corrected chi connectivity index (χ1v) is 10.3. The minimum Gasteiger partial charge on any atom is -0.481 e. The number of fused-ring (bicyclic) bond motifs is 3. The first-order chi connectivity index (χ1) is 12.2. The molecule has 4 unspecified atom stereocenters. The molecule has 1 amide bonds. The smallest absolute Gasteiger partial charge is 0.308 e. The number of anilines is 1. The molecule has 2 bridgehead atoms. The number of carboxylic acid groups (broad SMARTS) is 1. The molecular weight excluding hydrogens is 356 g/mol. The second-order valence-electron chi connectivity index (χ2n) is 7.55. The summed E-state index contributed by atoms with van der Waals surface area (Å²) in [4.78, 5) is 25.2. The van der Waals surface area contributed by atoms with E-state index < -0.39 is 28.0 Å². The van der Waals surface area contributed by atoms with Gasteiger partial charge in [-0.3, -0.25) is 9.59 Å². The molecule has 2 saturated heterocycles. The summed E-state index contributed by atoms with van der Waals surface area (Å²) >= 11 is 0. The molecule has 1 aromatic carbocycles. The number of hydrogen-bond donors (Lipinski definition) is 1. The van der Waals surface area contributed by atoms with Gasteiger partial charge in [-0.15, -0.1) is 0 Å². The molecule has 3 heterocycles. The highest BCUT2D eigenvalue weighted by atomic mass is 32.2. The molecule has 0 radical (unpaired) electrons. The van der Waals surface area contributed by atoms with Crippen LogP contribution in [0, 0.1) is 5.92 Å². The summed E-state index contributed by atoms with van der Waals surface area (Å²) in [7, 11) is -3.75. The molecule has 3 aliphatic rings. The maximum Gasteiger partial charge on any atom is 0.308 e. The lowest BCUT2D eigenvalue weighted by Gasteiger charge is -2.23. The number of hydrogen-bond acceptors (Lipinski definition) is 4. The van der Waals surface area contributed by atoms with E-state index in [1.807, 2.05) is 6.92 Å². The molecule has 3 aliphatic heterocycles. The summed E-state index contributed by atoms with van der Waals surface area (Å²) in [6.45, 7) is 3.44. The molecule has 26 heavy (non-hydrogen) atoms. The molecule has 8 heteroatoms. The molecule has 1 N–H and O–H groups in total. The van der Waals surface area contributed by atoms with Gasteiger partial charge in [0.15, 0.2) is 0 Å². The van der Waals surface area contributed by atoms with E-state index >= 15 is 0 Å². The average Bonchev–Trinajstić information content (AvgIpc) is 3.23. The fraction of sp³-hybridized carbons (Fsp3) is 0.556. The highest BCUT2D eigenvalue weighted by Gasteiger charge is 2.54. The first kappa shape index (κ1) is 17.5. The lowest BCUT2D eigenvalue weighted by Crippen LogP contribution is -2.37. The van der Waals surface area contributed by atoms with E-state index in [-0.39, 0.29) is 22.9 Å². The van der Waals surface area contributed by atoms with Crippen molar-refractivity contribution in [1.82, 2.24) is 4.31 Å². The van der Waals surface area contributed by atoms with E-state index in [0.717, 1.165) is 11.3 Å². The van der Waals surface area contributed by atoms with Crippen LogP contribution in [0.3, 0.4) is 0 Å². The zero-order valence-corrected chi connectivity index (χ0v) is 15.6. The topological polar surface area (TPSA) is 95.0 Å². The van der Waals surface area contributed by atoms with Crippen molar-refractivity contribution in [2.24, 2.45) is 5.92 Å². The summed E-state index contributed by atoms with van der Waals surface area (Å²) in [5.41, 5.74) is 1.60. The molecule has 140 valence electrons. The number of rotatable bonds is 3. The Morgan fingerprint density at radius 2 is 1.96 bits per heavy atom. The van der Waals surface area contributed by atoms with Gasteiger partial charge in [-0.05, 0) is 56.4 Å². The van der Waals surface area contributed by atoms with E-state index in [4.69, 9.17) is 0 Å². The van der Waals surface area contributed by atoms with E-state index in [2.05, 4.69) is 0 Å². The van der Waals surface area contributed by atoms with Crippen LogP contribution in [0.2, 0.25) is 0 Å². The minimum atomic E-state index is -3.75. The van der Waals surface area contributed by atoms with Crippen molar-refractivity contribution < 1.29 is 23.1 Å². The SMILES string of the molecule is CC(=O)N1c2ccc(S(=O)(=O)N3C4CCC3C(C(=O)O)C4)cc2CC1C. The molecule has 7 nitrogen and oxygen atoms in total. The van der Waals surface area contributed by atoms with Crippen LogP contribution in [0.15, 0.2) is 23.1 Å². The van der Waals surface area contributed by atoms with Crippen LogP contribution in [0.1, 0.15) is 38.7 Å². The van der Waals surface area contributed by atoms with Crippen LogP contribution in [0.5, 0.6) is 0 Å². The Bertz CT molecular complexity index is 897. The summed E-state index contributed by atoms with van der Waals surface area (Å²) < 4.78 is 27.9. The van der Waals surface area contributed by atoms with Crippen molar-refractivity contribution in [3.8, 4) is 0 Å². The molecule has 0 aromatic heterocycles. The van der Waals surface area contributed by atoms with E-state index in [0.29, 0.717) is 25.7 Å². The molecule has 2 fully saturated rings. The highest BCUT2D eigenvalue weighted by molar-refractivity contribution is 7.89. The molecular formula is C18H22N2O5S. The van der Waals surface area contributed by atoms with Crippen molar-refractivity contribution in [1.29, 1.82) is 0 Å². The van der Waals surface area contributed by atoms with Gasteiger partial charge in [-0.2, -0.15) is 4.31 Å². The second-order valence-corrected chi connectivity index (χ2v) is 9.39. The van der Waals surface area contributed by atoms with E-state index in [1.165, 1.54) is 17.3 Å².